The summed E-state index contributed by atoms with van der Waals surface area (Å²) >= 11 is 0. The first kappa shape index (κ1) is 17.7. The van der Waals surface area contributed by atoms with Gasteiger partial charge in [-0.3, -0.25) is 4.79 Å². The molecule has 1 aliphatic heterocycles. The number of piperidine rings is 1. The topological polar surface area (TPSA) is 41.1 Å². The van der Waals surface area contributed by atoms with Gasteiger partial charge in [0.1, 0.15) is 0 Å². The maximum Gasteiger partial charge on any atom is 0.389 e. The first-order chi connectivity index (χ1) is 10.8. The van der Waals surface area contributed by atoms with Gasteiger partial charge in [0, 0.05) is 24.9 Å². The second kappa shape index (κ2) is 7.25. The standard InChI is InChI=1S/C15H17F5N2O/c16-11-2-1-9(7-12(11)17)10-4-6-21-8-13(10)22-14(23)3-5-15(18,19)20/h1-2,7,10,13,21H,3-6,8H2,(H,22,23). The van der Waals surface area contributed by atoms with Crippen molar-refractivity contribution in [3.63, 3.8) is 0 Å². The molecule has 2 atom stereocenters. The number of hydrogen-bond donors (Lipinski definition) is 2. The predicted molar refractivity (Wildman–Crippen MR) is 73.8 cm³/mol. The number of alkyl halides is 3. The monoisotopic (exact) mass is 336 g/mol. The molecular weight excluding hydrogens is 319 g/mol. The molecule has 2 N–H and O–H groups in total. The van der Waals surface area contributed by atoms with Gasteiger partial charge < -0.3 is 10.6 Å². The summed E-state index contributed by atoms with van der Waals surface area (Å²) in [6, 6.07) is 3.05. The van der Waals surface area contributed by atoms with Gasteiger partial charge in [0.15, 0.2) is 11.6 Å². The Morgan fingerprint density at radius 3 is 2.65 bits per heavy atom. The molecule has 1 aromatic carbocycles. The van der Waals surface area contributed by atoms with Crippen LogP contribution in [0.25, 0.3) is 0 Å². The van der Waals surface area contributed by atoms with E-state index in [2.05, 4.69) is 10.6 Å². The minimum atomic E-state index is -4.39. The number of nitrogens with one attached hydrogen (secondary N) is 2. The first-order valence-electron chi connectivity index (χ1n) is 7.28. The zero-order valence-electron chi connectivity index (χ0n) is 12.2. The fourth-order valence-corrected chi connectivity index (χ4v) is 2.69. The Morgan fingerprint density at radius 1 is 1.26 bits per heavy atom. The molecule has 8 heteroatoms. The normalized spacial score (nSPS) is 22.0. The third-order valence-corrected chi connectivity index (χ3v) is 3.84. The molecule has 2 unspecified atom stereocenters. The third kappa shape index (κ3) is 5.16. The van der Waals surface area contributed by atoms with Crippen molar-refractivity contribution in [3.8, 4) is 0 Å². The van der Waals surface area contributed by atoms with E-state index in [4.69, 9.17) is 0 Å². The summed E-state index contributed by atoms with van der Waals surface area (Å²) in [7, 11) is 0. The van der Waals surface area contributed by atoms with Crippen LogP contribution in [0.5, 0.6) is 0 Å². The van der Waals surface area contributed by atoms with Crippen LogP contribution in [0.1, 0.15) is 30.7 Å². The fourth-order valence-electron chi connectivity index (χ4n) is 2.69. The van der Waals surface area contributed by atoms with Crippen LogP contribution in [0.2, 0.25) is 0 Å². The van der Waals surface area contributed by atoms with Crippen LogP contribution in [0.4, 0.5) is 22.0 Å². The highest BCUT2D eigenvalue weighted by molar-refractivity contribution is 5.76. The molecule has 1 fully saturated rings. The van der Waals surface area contributed by atoms with Crippen molar-refractivity contribution in [1.82, 2.24) is 10.6 Å². The first-order valence-corrected chi connectivity index (χ1v) is 7.28. The zero-order chi connectivity index (χ0) is 17.0. The van der Waals surface area contributed by atoms with E-state index in [1.807, 2.05) is 0 Å². The Labute approximate surface area is 130 Å². The second-order valence-corrected chi connectivity index (χ2v) is 5.56. The van der Waals surface area contributed by atoms with E-state index in [0.29, 0.717) is 25.1 Å². The van der Waals surface area contributed by atoms with Gasteiger partial charge >= 0.3 is 6.18 Å². The lowest BCUT2D eigenvalue weighted by molar-refractivity contribution is -0.144. The molecule has 0 radical (unpaired) electrons. The van der Waals surface area contributed by atoms with Crippen LogP contribution in [-0.4, -0.2) is 31.2 Å². The number of carbonyl (C=O) groups excluding carboxylic acids is 1. The average Bonchev–Trinajstić information content (AvgIpc) is 2.48. The van der Waals surface area contributed by atoms with Gasteiger partial charge in [-0.2, -0.15) is 13.2 Å². The lowest BCUT2D eigenvalue weighted by atomic mass is 9.86. The summed E-state index contributed by atoms with van der Waals surface area (Å²) in [5.41, 5.74) is 0.520. The summed E-state index contributed by atoms with van der Waals surface area (Å²) in [6.07, 6.45) is -5.66. The van der Waals surface area contributed by atoms with E-state index in [-0.39, 0.29) is 5.92 Å². The molecule has 1 saturated heterocycles. The molecule has 128 valence electrons. The van der Waals surface area contributed by atoms with E-state index in [9.17, 15) is 26.7 Å². The molecule has 0 bridgehead atoms. The highest BCUT2D eigenvalue weighted by Gasteiger charge is 2.31. The largest absolute Gasteiger partial charge is 0.389 e. The van der Waals surface area contributed by atoms with Crippen LogP contribution in [0.15, 0.2) is 18.2 Å². The van der Waals surface area contributed by atoms with Gasteiger partial charge in [0.2, 0.25) is 5.91 Å². The van der Waals surface area contributed by atoms with Crippen molar-refractivity contribution < 1.29 is 26.7 Å². The number of carbonyl (C=O) groups is 1. The number of amides is 1. The lowest BCUT2D eigenvalue weighted by Crippen LogP contribution is -2.50. The summed E-state index contributed by atoms with van der Waals surface area (Å²) in [6.45, 7) is 0.986. The summed E-state index contributed by atoms with van der Waals surface area (Å²) < 4.78 is 62.8. The molecular formula is C15H17F5N2O. The highest BCUT2D eigenvalue weighted by atomic mass is 19.4. The van der Waals surface area contributed by atoms with Gasteiger partial charge in [0.25, 0.3) is 0 Å². The van der Waals surface area contributed by atoms with Gasteiger partial charge in [-0.05, 0) is 30.7 Å². The maximum atomic E-state index is 13.4. The molecule has 0 spiro atoms. The molecule has 23 heavy (non-hydrogen) atoms. The number of hydrogen-bond acceptors (Lipinski definition) is 2. The van der Waals surface area contributed by atoms with E-state index in [1.54, 1.807) is 0 Å². The zero-order valence-corrected chi connectivity index (χ0v) is 12.2. The van der Waals surface area contributed by atoms with Crippen molar-refractivity contribution in [1.29, 1.82) is 0 Å². The minimum Gasteiger partial charge on any atom is -0.351 e. The van der Waals surface area contributed by atoms with Crippen molar-refractivity contribution in [2.75, 3.05) is 13.1 Å². The van der Waals surface area contributed by atoms with Gasteiger partial charge in [-0.15, -0.1) is 0 Å². The lowest BCUT2D eigenvalue weighted by Gasteiger charge is -2.33. The summed E-state index contributed by atoms with van der Waals surface area (Å²) in [4.78, 5) is 11.7. The smallest absolute Gasteiger partial charge is 0.351 e. The van der Waals surface area contributed by atoms with Crippen LogP contribution in [0, 0.1) is 11.6 Å². The molecule has 0 aliphatic carbocycles. The Morgan fingerprint density at radius 2 is 2.00 bits per heavy atom. The van der Waals surface area contributed by atoms with Crippen LogP contribution in [-0.2, 0) is 4.79 Å². The Hall–Kier alpha value is -1.70. The van der Waals surface area contributed by atoms with Gasteiger partial charge in [-0.1, -0.05) is 6.07 Å². The van der Waals surface area contributed by atoms with Crippen molar-refractivity contribution >= 4 is 5.91 Å². The SMILES string of the molecule is O=C(CCC(F)(F)F)NC1CNCCC1c1ccc(F)c(F)c1. The molecule has 1 amide bonds. The molecule has 1 heterocycles. The summed E-state index contributed by atoms with van der Waals surface area (Å²) in [5, 5.41) is 5.59. The second-order valence-electron chi connectivity index (χ2n) is 5.56. The molecule has 3 nitrogen and oxygen atoms in total. The molecule has 0 saturated carbocycles. The molecule has 2 rings (SSSR count). The van der Waals surface area contributed by atoms with E-state index in [0.717, 1.165) is 12.1 Å². The van der Waals surface area contributed by atoms with Crippen molar-refractivity contribution in [2.24, 2.45) is 0 Å². The number of rotatable bonds is 4. The van der Waals surface area contributed by atoms with E-state index < -0.39 is 42.6 Å². The predicted octanol–water partition coefficient (Wildman–Crippen LogP) is 2.87. The minimum absolute atomic E-state index is 0.277. The Balaban J connectivity index is 2.03. The van der Waals surface area contributed by atoms with Crippen molar-refractivity contribution in [3.05, 3.63) is 35.4 Å². The quantitative estimate of drug-likeness (QED) is 0.830. The fraction of sp³-hybridized carbons (Fsp3) is 0.533. The maximum absolute atomic E-state index is 13.4. The van der Waals surface area contributed by atoms with Crippen molar-refractivity contribution in [2.45, 2.75) is 37.4 Å². The Bertz CT molecular complexity index is 561. The van der Waals surface area contributed by atoms with E-state index in [1.165, 1.54) is 6.07 Å². The Kier molecular flexibility index (Phi) is 5.56. The van der Waals surface area contributed by atoms with Gasteiger partial charge in [-0.25, -0.2) is 8.78 Å². The third-order valence-electron chi connectivity index (χ3n) is 3.84. The number of halogens is 5. The van der Waals surface area contributed by atoms with Gasteiger partial charge in [0.05, 0.1) is 6.42 Å². The summed E-state index contributed by atoms with van der Waals surface area (Å²) in [5.74, 6) is -2.93. The van der Waals surface area contributed by atoms with E-state index >= 15 is 0 Å². The average molecular weight is 336 g/mol. The number of benzene rings is 1. The van der Waals surface area contributed by atoms with Crippen LogP contribution >= 0.6 is 0 Å². The van der Waals surface area contributed by atoms with Crippen LogP contribution < -0.4 is 10.6 Å². The highest BCUT2D eigenvalue weighted by Crippen LogP contribution is 2.27. The van der Waals surface area contributed by atoms with Crippen LogP contribution in [0.3, 0.4) is 0 Å². The molecule has 1 aromatic rings. The molecule has 1 aliphatic rings. The molecule has 0 aromatic heterocycles.